The highest BCUT2D eigenvalue weighted by Gasteiger charge is 2.36. The molecule has 4 nitrogen and oxygen atoms in total. The van der Waals surface area contributed by atoms with Crippen molar-refractivity contribution in [1.82, 2.24) is 9.78 Å². The molecule has 0 spiro atoms. The lowest BCUT2D eigenvalue weighted by molar-refractivity contribution is 0.287. The van der Waals surface area contributed by atoms with Crippen molar-refractivity contribution in [3.05, 3.63) is 35.8 Å². The zero-order chi connectivity index (χ0) is 14.3. The Morgan fingerprint density at radius 1 is 1.45 bits per heavy atom. The molecule has 1 fully saturated rings. The van der Waals surface area contributed by atoms with Crippen molar-refractivity contribution in [1.29, 1.82) is 5.26 Å². The summed E-state index contributed by atoms with van der Waals surface area (Å²) >= 11 is 0. The van der Waals surface area contributed by atoms with E-state index in [1.807, 2.05) is 0 Å². The van der Waals surface area contributed by atoms with Crippen LogP contribution in [0.2, 0.25) is 0 Å². The van der Waals surface area contributed by atoms with Crippen LogP contribution in [0.3, 0.4) is 0 Å². The van der Waals surface area contributed by atoms with E-state index in [2.05, 4.69) is 18.1 Å². The van der Waals surface area contributed by atoms with E-state index in [9.17, 15) is 9.65 Å². The lowest BCUT2D eigenvalue weighted by atomic mass is 10.0. The number of hydrogen-bond acceptors (Lipinski definition) is 3. The molecule has 0 aliphatic heterocycles. The van der Waals surface area contributed by atoms with Crippen molar-refractivity contribution >= 4 is 0 Å². The van der Waals surface area contributed by atoms with Crippen molar-refractivity contribution in [2.75, 3.05) is 0 Å². The monoisotopic (exact) mass is 271 g/mol. The zero-order valence-electron chi connectivity index (χ0n) is 11.3. The van der Waals surface area contributed by atoms with Crippen LogP contribution in [0, 0.1) is 23.1 Å². The Morgan fingerprint density at radius 3 is 2.75 bits per heavy atom. The molecular formula is C15H14FN3O. The third-order valence-corrected chi connectivity index (χ3v) is 3.62. The molecule has 0 N–H and O–H groups in total. The van der Waals surface area contributed by atoms with Crippen LogP contribution < -0.4 is 4.74 Å². The molecule has 2 aromatic rings. The number of rotatable bonds is 3. The van der Waals surface area contributed by atoms with E-state index in [4.69, 9.17) is 4.74 Å². The fourth-order valence-corrected chi connectivity index (χ4v) is 2.25. The number of aryl methyl sites for hydroxylation is 1. The number of nitrogens with zero attached hydrogens (tertiary/aromatic N) is 3. The zero-order valence-corrected chi connectivity index (χ0v) is 11.3. The summed E-state index contributed by atoms with van der Waals surface area (Å²) in [5.41, 5.74) is 1.04. The second kappa shape index (κ2) is 4.64. The standard InChI is InChI=1S/C15H14FN3O/c1-9-7-14(9)20-13-4-3-11(16)15(10(13)8-17)12-5-6-18-19(12)2/h3-6,9,14H,7H2,1-2H3/t9-,14-/m1/s1. The van der Waals surface area contributed by atoms with E-state index in [-0.39, 0.29) is 17.2 Å². The average Bonchev–Trinajstić information content (AvgIpc) is 2.94. The van der Waals surface area contributed by atoms with Crippen LogP contribution in [0.15, 0.2) is 24.4 Å². The van der Waals surface area contributed by atoms with Crippen molar-refractivity contribution in [3.63, 3.8) is 0 Å². The Morgan fingerprint density at radius 2 is 2.20 bits per heavy atom. The number of aromatic nitrogens is 2. The molecule has 0 radical (unpaired) electrons. The van der Waals surface area contributed by atoms with Gasteiger partial charge in [0.1, 0.15) is 29.3 Å². The first-order chi connectivity index (χ1) is 9.61. The van der Waals surface area contributed by atoms with E-state index < -0.39 is 5.82 Å². The van der Waals surface area contributed by atoms with Crippen LogP contribution in [0.25, 0.3) is 11.3 Å². The molecule has 1 aromatic carbocycles. The van der Waals surface area contributed by atoms with Gasteiger partial charge in [0.05, 0.1) is 11.3 Å². The van der Waals surface area contributed by atoms with Gasteiger partial charge in [0.25, 0.3) is 0 Å². The van der Waals surface area contributed by atoms with Gasteiger partial charge in [-0.25, -0.2) is 4.39 Å². The molecule has 1 saturated carbocycles. The van der Waals surface area contributed by atoms with Crippen molar-refractivity contribution in [3.8, 4) is 23.1 Å². The van der Waals surface area contributed by atoms with Gasteiger partial charge in [-0.1, -0.05) is 6.92 Å². The fraction of sp³-hybridized carbons (Fsp3) is 0.333. The summed E-state index contributed by atoms with van der Waals surface area (Å²) in [5.74, 6) is 0.493. The number of halogens is 1. The van der Waals surface area contributed by atoms with E-state index >= 15 is 0 Å². The summed E-state index contributed by atoms with van der Waals surface area (Å²) in [6, 6.07) is 6.61. The predicted octanol–water partition coefficient (Wildman–Crippen LogP) is 2.89. The van der Waals surface area contributed by atoms with Crippen LogP contribution in [-0.2, 0) is 7.05 Å². The third-order valence-electron chi connectivity index (χ3n) is 3.62. The van der Waals surface area contributed by atoms with Gasteiger partial charge in [0.15, 0.2) is 0 Å². The maximum absolute atomic E-state index is 14.1. The number of nitriles is 1. The van der Waals surface area contributed by atoms with Crippen LogP contribution >= 0.6 is 0 Å². The maximum Gasteiger partial charge on any atom is 0.138 e. The predicted molar refractivity (Wildman–Crippen MR) is 71.5 cm³/mol. The van der Waals surface area contributed by atoms with E-state index in [1.54, 1.807) is 24.0 Å². The third kappa shape index (κ3) is 2.03. The topological polar surface area (TPSA) is 50.8 Å². The molecule has 102 valence electrons. The summed E-state index contributed by atoms with van der Waals surface area (Å²) in [6.07, 6.45) is 2.68. The number of benzene rings is 1. The average molecular weight is 271 g/mol. The molecule has 1 aromatic heterocycles. The SMILES string of the molecule is C[C@@H]1C[C@H]1Oc1ccc(F)c(-c2ccnn2C)c1C#N. The lowest BCUT2D eigenvalue weighted by Crippen LogP contribution is -2.04. The highest BCUT2D eigenvalue weighted by molar-refractivity contribution is 5.72. The van der Waals surface area contributed by atoms with Crippen LogP contribution in [-0.4, -0.2) is 15.9 Å². The molecule has 0 amide bonds. The summed E-state index contributed by atoms with van der Waals surface area (Å²) < 4.78 is 21.5. The smallest absolute Gasteiger partial charge is 0.138 e. The Labute approximate surface area is 116 Å². The largest absolute Gasteiger partial charge is 0.489 e. The van der Waals surface area contributed by atoms with Crippen LogP contribution in [0.1, 0.15) is 18.9 Å². The van der Waals surface area contributed by atoms with Gasteiger partial charge in [-0.3, -0.25) is 4.68 Å². The van der Waals surface area contributed by atoms with Crippen LogP contribution in [0.5, 0.6) is 5.75 Å². The molecule has 0 bridgehead atoms. The van der Waals surface area contributed by atoms with Crippen molar-refractivity contribution in [2.45, 2.75) is 19.4 Å². The van der Waals surface area contributed by atoms with Gasteiger partial charge < -0.3 is 4.74 Å². The molecule has 1 heterocycles. The minimum Gasteiger partial charge on any atom is -0.489 e. The molecule has 20 heavy (non-hydrogen) atoms. The quantitative estimate of drug-likeness (QED) is 0.862. The van der Waals surface area contributed by atoms with Crippen LogP contribution in [0.4, 0.5) is 4.39 Å². The summed E-state index contributed by atoms with van der Waals surface area (Å²) in [6.45, 7) is 2.09. The second-order valence-electron chi connectivity index (χ2n) is 5.12. The molecule has 0 saturated heterocycles. The lowest BCUT2D eigenvalue weighted by Gasteiger charge is -2.12. The molecule has 1 aliphatic rings. The van der Waals surface area contributed by atoms with Gasteiger partial charge in [-0.15, -0.1) is 0 Å². The minimum atomic E-state index is -0.443. The van der Waals surface area contributed by atoms with E-state index in [0.717, 1.165) is 6.42 Å². The molecule has 3 rings (SSSR count). The van der Waals surface area contributed by atoms with Gasteiger partial charge in [-0.05, 0) is 30.5 Å². The first-order valence-corrected chi connectivity index (χ1v) is 6.49. The Bertz CT molecular complexity index is 702. The Balaban J connectivity index is 2.11. The summed E-state index contributed by atoms with van der Waals surface area (Å²) in [7, 11) is 1.71. The van der Waals surface area contributed by atoms with E-state index in [0.29, 0.717) is 17.4 Å². The Hall–Kier alpha value is -2.35. The van der Waals surface area contributed by atoms with Crippen molar-refractivity contribution in [2.24, 2.45) is 13.0 Å². The van der Waals surface area contributed by atoms with Gasteiger partial charge in [-0.2, -0.15) is 10.4 Å². The molecule has 5 heteroatoms. The van der Waals surface area contributed by atoms with E-state index in [1.165, 1.54) is 12.1 Å². The second-order valence-corrected chi connectivity index (χ2v) is 5.12. The highest BCUT2D eigenvalue weighted by Crippen LogP contribution is 2.38. The van der Waals surface area contributed by atoms with Crippen molar-refractivity contribution < 1.29 is 9.13 Å². The molecular weight excluding hydrogens is 257 g/mol. The number of hydrogen-bond donors (Lipinski definition) is 0. The maximum atomic E-state index is 14.1. The van der Waals surface area contributed by atoms with Gasteiger partial charge >= 0.3 is 0 Å². The Kier molecular flexibility index (Phi) is 2.94. The normalized spacial score (nSPS) is 20.5. The molecule has 2 atom stereocenters. The van der Waals surface area contributed by atoms with Gasteiger partial charge in [0, 0.05) is 13.2 Å². The first kappa shape index (κ1) is 12.7. The molecule has 1 aliphatic carbocycles. The first-order valence-electron chi connectivity index (χ1n) is 6.49. The summed E-state index contributed by atoms with van der Waals surface area (Å²) in [4.78, 5) is 0. The fourth-order valence-electron chi connectivity index (χ4n) is 2.25. The summed E-state index contributed by atoms with van der Waals surface area (Å²) in [5, 5.41) is 13.4. The van der Waals surface area contributed by atoms with Gasteiger partial charge in [0.2, 0.25) is 0 Å². The molecule has 0 unspecified atom stereocenters. The number of ether oxygens (including phenoxy) is 1. The highest BCUT2D eigenvalue weighted by atomic mass is 19.1. The minimum absolute atomic E-state index is 0.131.